The Bertz CT molecular complexity index is 983. The molecule has 2 aliphatic rings. The zero-order valence-electron chi connectivity index (χ0n) is 17.7. The number of carbonyl (C=O) groups is 2. The van der Waals surface area contributed by atoms with Crippen LogP contribution in [0.25, 0.3) is 11.4 Å². The molecule has 0 bridgehead atoms. The van der Waals surface area contributed by atoms with Crippen LogP contribution in [0.1, 0.15) is 26.2 Å². The molecular weight excluding hydrogens is 429 g/mol. The van der Waals surface area contributed by atoms with E-state index in [0.717, 1.165) is 0 Å². The van der Waals surface area contributed by atoms with E-state index in [1.807, 2.05) is 18.7 Å². The summed E-state index contributed by atoms with van der Waals surface area (Å²) in [6, 6.07) is 3.33. The number of halogens is 3. The van der Waals surface area contributed by atoms with Crippen LogP contribution in [-0.4, -0.2) is 75.5 Å². The Morgan fingerprint density at radius 3 is 2.44 bits per heavy atom. The van der Waals surface area contributed by atoms with Gasteiger partial charge in [0.25, 0.3) is 0 Å². The van der Waals surface area contributed by atoms with Crippen molar-refractivity contribution in [3.63, 3.8) is 0 Å². The average Bonchev–Trinajstić information content (AvgIpc) is 3.41. The Balaban J connectivity index is 1.34. The number of hydrogen-bond acceptors (Lipinski definition) is 7. The molecule has 172 valence electrons. The molecular formula is C20H23F3N6O3. The van der Waals surface area contributed by atoms with Crippen molar-refractivity contribution in [2.24, 2.45) is 5.92 Å². The lowest BCUT2D eigenvalue weighted by Crippen LogP contribution is -2.51. The minimum absolute atomic E-state index is 0.00188. The molecule has 2 aliphatic heterocycles. The smallest absolute Gasteiger partial charge is 0.353 e. The monoisotopic (exact) mass is 452 g/mol. The second-order valence-electron chi connectivity index (χ2n) is 8.18. The maximum absolute atomic E-state index is 12.8. The predicted octanol–water partition coefficient (Wildman–Crippen LogP) is 2.06. The first kappa shape index (κ1) is 22.0. The van der Waals surface area contributed by atoms with E-state index in [1.54, 1.807) is 21.9 Å². The Kier molecular flexibility index (Phi) is 5.78. The molecule has 4 heterocycles. The summed E-state index contributed by atoms with van der Waals surface area (Å²) in [6.45, 7) is 6.49. The minimum atomic E-state index is -4.70. The van der Waals surface area contributed by atoms with Gasteiger partial charge in [0.05, 0.1) is 5.92 Å². The second-order valence-corrected chi connectivity index (χ2v) is 8.18. The van der Waals surface area contributed by atoms with Crippen LogP contribution in [0, 0.1) is 5.92 Å². The summed E-state index contributed by atoms with van der Waals surface area (Å²) >= 11 is 0. The first-order chi connectivity index (χ1) is 15.1. The summed E-state index contributed by atoms with van der Waals surface area (Å²) in [5, 5.41) is 3.35. The van der Waals surface area contributed by atoms with Gasteiger partial charge in [0.2, 0.25) is 17.6 Å². The number of nitrogens with zero attached hydrogens (tertiary/aromatic N) is 6. The molecule has 2 fully saturated rings. The molecule has 1 atom stereocenters. The molecule has 0 radical (unpaired) electrons. The molecule has 0 aromatic carbocycles. The fraction of sp³-hybridized carbons (Fsp3) is 0.550. The number of carbonyl (C=O) groups excluding carboxylic acids is 2. The summed E-state index contributed by atoms with van der Waals surface area (Å²) in [6.07, 6.45) is -3.05. The van der Waals surface area contributed by atoms with E-state index in [1.165, 1.54) is 6.20 Å². The normalized spacial score (nSPS) is 19.9. The number of amides is 2. The number of anilines is 1. The molecule has 12 heteroatoms. The molecule has 2 aromatic rings. The molecule has 2 amide bonds. The minimum Gasteiger partial charge on any atom is -0.353 e. The fourth-order valence-corrected chi connectivity index (χ4v) is 3.97. The summed E-state index contributed by atoms with van der Waals surface area (Å²) in [4.78, 5) is 38.1. The summed E-state index contributed by atoms with van der Waals surface area (Å²) in [5.74, 6) is -1.23. The van der Waals surface area contributed by atoms with E-state index in [4.69, 9.17) is 0 Å². The van der Waals surface area contributed by atoms with Crippen LogP contribution < -0.4 is 4.90 Å². The highest BCUT2D eigenvalue weighted by molar-refractivity contribution is 5.89. The first-order valence-electron chi connectivity index (χ1n) is 10.3. The Morgan fingerprint density at radius 2 is 1.91 bits per heavy atom. The number of aromatic nitrogens is 3. The summed E-state index contributed by atoms with van der Waals surface area (Å²) in [5.41, 5.74) is 0.308. The van der Waals surface area contributed by atoms with Gasteiger partial charge in [0.15, 0.2) is 0 Å². The lowest BCUT2D eigenvalue weighted by Gasteiger charge is -2.36. The molecule has 0 aliphatic carbocycles. The van der Waals surface area contributed by atoms with Crippen molar-refractivity contribution in [3.05, 3.63) is 24.2 Å². The van der Waals surface area contributed by atoms with Gasteiger partial charge < -0.3 is 19.2 Å². The third-order valence-electron chi connectivity index (χ3n) is 5.72. The van der Waals surface area contributed by atoms with Gasteiger partial charge in [-0.3, -0.25) is 9.59 Å². The van der Waals surface area contributed by atoms with Gasteiger partial charge in [-0.2, -0.15) is 18.2 Å². The molecule has 4 rings (SSSR count). The molecule has 9 nitrogen and oxygen atoms in total. The van der Waals surface area contributed by atoms with Crippen molar-refractivity contribution in [2.75, 3.05) is 37.6 Å². The van der Waals surface area contributed by atoms with Gasteiger partial charge in [0.1, 0.15) is 5.82 Å². The maximum atomic E-state index is 12.8. The highest BCUT2D eigenvalue weighted by Gasteiger charge is 2.39. The van der Waals surface area contributed by atoms with Crippen LogP contribution in [0.5, 0.6) is 0 Å². The third kappa shape index (κ3) is 4.39. The maximum Gasteiger partial charge on any atom is 0.471 e. The van der Waals surface area contributed by atoms with E-state index in [9.17, 15) is 22.8 Å². The van der Waals surface area contributed by atoms with Crippen LogP contribution >= 0.6 is 0 Å². The Hall–Kier alpha value is -3.18. The molecule has 0 N–H and O–H groups in total. The quantitative estimate of drug-likeness (QED) is 0.701. The zero-order valence-corrected chi connectivity index (χ0v) is 17.7. The largest absolute Gasteiger partial charge is 0.471 e. The number of pyridine rings is 1. The number of hydrogen-bond donors (Lipinski definition) is 0. The van der Waals surface area contributed by atoms with Gasteiger partial charge in [0, 0.05) is 56.9 Å². The molecule has 32 heavy (non-hydrogen) atoms. The highest BCUT2D eigenvalue weighted by Crippen LogP contribution is 2.29. The third-order valence-corrected chi connectivity index (χ3v) is 5.72. The molecule has 2 aromatic heterocycles. The van der Waals surface area contributed by atoms with Crippen LogP contribution in [0.15, 0.2) is 22.9 Å². The number of piperazine rings is 1. The van der Waals surface area contributed by atoms with Gasteiger partial charge in [-0.05, 0) is 26.0 Å². The number of alkyl halides is 3. The van der Waals surface area contributed by atoms with Gasteiger partial charge in [-0.1, -0.05) is 5.16 Å². The van der Waals surface area contributed by atoms with Crippen molar-refractivity contribution in [2.45, 2.75) is 32.5 Å². The van der Waals surface area contributed by atoms with E-state index in [2.05, 4.69) is 19.6 Å². The van der Waals surface area contributed by atoms with Crippen molar-refractivity contribution >= 4 is 17.6 Å². The van der Waals surface area contributed by atoms with Crippen LogP contribution in [-0.2, 0) is 15.8 Å². The molecule has 2 saturated heterocycles. The Labute approximate surface area is 182 Å². The molecule has 1 unspecified atom stereocenters. The van der Waals surface area contributed by atoms with Crippen LogP contribution in [0.4, 0.5) is 19.0 Å². The van der Waals surface area contributed by atoms with Crippen molar-refractivity contribution in [1.29, 1.82) is 0 Å². The van der Waals surface area contributed by atoms with Crippen molar-refractivity contribution < 1.29 is 27.3 Å². The molecule has 0 saturated carbocycles. The summed E-state index contributed by atoms with van der Waals surface area (Å²) < 4.78 is 42.1. The summed E-state index contributed by atoms with van der Waals surface area (Å²) in [7, 11) is 0. The van der Waals surface area contributed by atoms with E-state index < -0.39 is 12.1 Å². The van der Waals surface area contributed by atoms with Crippen LogP contribution in [0.3, 0.4) is 0 Å². The number of rotatable bonds is 4. The Morgan fingerprint density at radius 1 is 1.19 bits per heavy atom. The lowest BCUT2D eigenvalue weighted by atomic mass is 10.1. The highest BCUT2D eigenvalue weighted by atomic mass is 19.4. The molecule has 0 spiro atoms. The topological polar surface area (TPSA) is 95.7 Å². The van der Waals surface area contributed by atoms with E-state index in [-0.39, 0.29) is 36.0 Å². The predicted molar refractivity (Wildman–Crippen MR) is 106 cm³/mol. The number of likely N-dealkylation sites (tertiary alicyclic amines) is 1. The van der Waals surface area contributed by atoms with Gasteiger partial charge in [-0.25, -0.2) is 4.98 Å². The second kappa shape index (κ2) is 8.40. The SMILES string of the molecule is CC(C)N1CC(C(=O)N2CCN(c3ccc(-c4noc(C(F)(F)F)n4)cn3)CC2)CC1=O. The van der Waals surface area contributed by atoms with Crippen molar-refractivity contribution in [3.8, 4) is 11.4 Å². The van der Waals surface area contributed by atoms with Crippen LogP contribution in [0.2, 0.25) is 0 Å². The average molecular weight is 452 g/mol. The van der Waals surface area contributed by atoms with Gasteiger partial charge in [-0.15, -0.1) is 0 Å². The standard InChI is InChI=1S/C20H23F3N6O3/c1-12(2)29-11-14(9-16(29)30)18(31)28-7-5-27(6-8-28)15-4-3-13(10-24-15)17-25-19(32-26-17)20(21,22)23/h3-4,10,12,14H,5-9,11H2,1-2H3. The van der Waals surface area contributed by atoms with E-state index >= 15 is 0 Å². The first-order valence-corrected chi connectivity index (χ1v) is 10.3. The van der Waals surface area contributed by atoms with Crippen molar-refractivity contribution in [1.82, 2.24) is 24.9 Å². The van der Waals surface area contributed by atoms with E-state index in [0.29, 0.717) is 44.1 Å². The lowest BCUT2D eigenvalue weighted by molar-refractivity contribution is -0.159. The van der Waals surface area contributed by atoms with Gasteiger partial charge >= 0.3 is 12.1 Å². The fourth-order valence-electron chi connectivity index (χ4n) is 3.97. The zero-order chi connectivity index (χ0) is 23.0.